The fourth-order valence-electron chi connectivity index (χ4n) is 2.51. The molecular formula is C17H19ClNO2+. The van der Waals surface area contributed by atoms with Crippen LogP contribution in [-0.4, -0.2) is 13.2 Å². The van der Waals surface area contributed by atoms with Crippen molar-refractivity contribution in [2.75, 3.05) is 13.2 Å². The number of quaternary nitrogens is 1. The maximum atomic E-state index is 6.19. The van der Waals surface area contributed by atoms with Crippen LogP contribution in [0.1, 0.15) is 23.6 Å². The van der Waals surface area contributed by atoms with Crippen molar-refractivity contribution in [3.63, 3.8) is 0 Å². The molecule has 110 valence electrons. The molecule has 1 aliphatic heterocycles. The Morgan fingerprint density at radius 3 is 2.62 bits per heavy atom. The van der Waals surface area contributed by atoms with Crippen molar-refractivity contribution >= 4 is 11.6 Å². The van der Waals surface area contributed by atoms with Gasteiger partial charge in [0.1, 0.15) is 19.3 Å². The second-order valence-electron chi connectivity index (χ2n) is 5.23. The molecule has 0 fully saturated rings. The molecule has 4 heteroatoms. The van der Waals surface area contributed by atoms with E-state index in [0.717, 1.165) is 29.4 Å². The van der Waals surface area contributed by atoms with Crippen LogP contribution in [0.3, 0.4) is 0 Å². The monoisotopic (exact) mass is 304 g/mol. The summed E-state index contributed by atoms with van der Waals surface area (Å²) in [6.45, 7) is 1.23. The molecule has 0 radical (unpaired) electrons. The second kappa shape index (κ2) is 6.37. The van der Waals surface area contributed by atoms with E-state index < -0.39 is 0 Å². The number of fused-ring (bicyclic) bond motifs is 1. The highest BCUT2D eigenvalue weighted by atomic mass is 35.5. The SMILES string of the molecule is [NH3+][C@@H](CCc1ccccc1Cl)c1ccc2c(c1)OCCO2. The highest BCUT2D eigenvalue weighted by Crippen LogP contribution is 2.32. The summed E-state index contributed by atoms with van der Waals surface area (Å²) in [5, 5.41) is 0.826. The number of rotatable bonds is 4. The molecule has 2 aromatic carbocycles. The van der Waals surface area contributed by atoms with E-state index in [2.05, 4.69) is 17.9 Å². The van der Waals surface area contributed by atoms with Crippen molar-refractivity contribution in [1.29, 1.82) is 0 Å². The molecule has 3 nitrogen and oxygen atoms in total. The first-order valence-electron chi connectivity index (χ1n) is 7.20. The molecule has 3 rings (SSSR count). The molecule has 3 N–H and O–H groups in total. The van der Waals surface area contributed by atoms with Gasteiger partial charge in [0.05, 0.1) is 0 Å². The van der Waals surface area contributed by atoms with E-state index in [4.69, 9.17) is 21.1 Å². The van der Waals surface area contributed by atoms with Gasteiger partial charge in [-0.2, -0.15) is 0 Å². The maximum Gasteiger partial charge on any atom is 0.161 e. The summed E-state index contributed by atoms with van der Waals surface area (Å²) in [6, 6.07) is 14.3. The molecular weight excluding hydrogens is 286 g/mol. The summed E-state index contributed by atoms with van der Waals surface area (Å²) < 4.78 is 11.2. The Morgan fingerprint density at radius 1 is 1.05 bits per heavy atom. The van der Waals surface area contributed by atoms with E-state index in [9.17, 15) is 0 Å². The highest BCUT2D eigenvalue weighted by Gasteiger charge is 2.16. The lowest BCUT2D eigenvalue weighted by Crippen LogP contribution is -2.53. The molecule has 0 aliphatic carbocycles. The quantitative estimate of drug-likeness (QED) is 0.943. The van der Waals surface area contributed by atoms with Crippen molar-refractivity contribution < 1.29 is 15.2 Å². The molecule has 0 amide bonds. The van der Waals surface area contributed by atoms with E-state index in [1.807, 2.05) is 30.3 Å². The third-order valence-corrected chi connectivity index (χ3v) is 4.13. The van der Waals surface area contributed by atoms with Crippen LogP contribution in [0, 0.1) is 0 Å². The van der Waals surface area contributed by atoms with Gasteiger partial charge in [-0.1, -0.05) is 29.8 Å². The number of ether oxygens (including phenoxy) is 2. The summed E-state index contributed by atoms with van der Waals surface area (Å²) in [5.41, 5.74) is 6.61. The van der Waals surface area contributed by atoms with Crippen LogP contribution in [0.2, 0.25) is 5.02 Å². The Hall–Kier alpha value is -1.71. The predicted octanol–water partition coefficient (Wildman–Crippen LogP) is 3.03. The molecule has 21 heavy (non-hydrogen) atoms. The minimum atomic E-state index is 0.206. The zero-order chi connectivity index (χ0) is 14.7. The van der Waals surface area contributed by atoms with Crippen molar-refractivity contribution in [2.45, 2.75) is 18.9 Å². The minimum absolute atomic E-state index is 0.206. The van der Waals surface area contributed by atoms with Gasteiger partial charge in [-0.15, -0.1) is 0 Å². The molecule has 0 spiro atoms. The van der Waals surface area contributed by atoms with Gasteiger partial charge in [-0.05, 0) is 36.2 Å². The highest BCUT2D eigenvalue weighted by molar-refractivity contribution is 6.31. The first kappa shape index (κ1) is 14.2. The van der Waals surface area contributed by atoms with Gasteiger partial charge in [0.15, 0.2) is 11.5 Å². The van der Waals surface area contributed by atoms with Gasteiger partial charge >= 0.3 is 0 Å². The third kappa shape index (κ3) is 3.31. The fraction of sp³-hybridized carbons (Fsp3) is 0.294. The largest absolute Gasteiger partial charge is 0.486 e. The summed E-state index contributed by atoms with van der Waals surface area (Å²) in [7, 11) is 0. The lowest BCUT2D eigenvalue weighted by molar-refractivity contribution is -0.427. The lowest BCUT2D eigenvalue weighted by Gasteiger charge is -2.19. The van der Waals surface area contributed by atoms with Crippen LogP contribution in [0.15, 0.2) is 42.5 Å². The topological polar surface area (TPSA) is 46.1 Å². The van der Waals surface area contributed by atoms with E-state index in [1.165, 1.54) is 11.1 Å². The number of benzene rings is 2. The summed E-state index contributed by atoms with van der Waals surface area (Å²) in [4.78, 5) is 0. The van der Waals surface area contributed by atoms with Crippen LogP contribution in [0.25, 0.3) is 0 Å². The second-order valence-corrected chi connectivity index (χ2v) is 5.64. The number of halogens is 1. The van der Waals surface area contributed by atoms with Crippen molar-refractivity contribution in [3.8, 4) is 11.5 Å². The van der Waals surface area contributed by atoms with Crippen molar-refractivity contribution in [2.24, 2.45) is 0 Å². The molecule has 0 unspecified atom stereocenters. The van der Waals surface area contributed by atoms with Gasteiger partial charge in [0.25, 0.3) is 0 Å². The summed E-state index contributed by atoms with van der Waals surface area (Å²) in [5.74, 6) is 1.65. The lowest BCUT2D eigenvalue weighted by atomic mass is 9.99. The maximum absolute atomic E-state index is 6.19. The van der Waals surface area contributed by atoms with Crippen LogP contribution in [0.4, 0.5) is 0 Å². The summed E-state index contributed by atoms with van der Waals surface area (Å²) in [6.07, 6.45) is 1.87. The number of aryl methyl sites for hydroxylation is 1. The third-order valence-electron chi connectivity index (χ3n) is 3.76. The van der Waals surface area contributed by atoms with E-state index in [-0.39, 0.29) is 6.04 Å². The zero-order valence-electron chi connectivity index (χ0n) is 11.8. The average molecular weight is 305 g/mol. The molecule has 2 aromatic rings. The summed E-state index contributed by atoms with van der Waals surface area (Å²) >= 11 is 6.19. The van der Waals surface area contributed by atoms with Crippen LogP contribution in [-0.2, 0) is 6.42 Å². The van der Waals surface area contributed by atoms with Crippen molar-refractivity contribution in [3.05, 3.63) is 58.6 Å². The molecule has 0 saturated heterocycles. The van der Waals surface area contributed by atoms with E-state index >= 15 is 0 Å². The van der Waals surface area contributed by atoms with Crippen LogP contribution >= 0.6 is 11.6 Å². The fourth-order valence-corrected chi connectivity index (χ4v) is 2.74. The van der Waals surface area contributed by atoms with Gasteiger partial charge in [0.2, 0.25) is 0 Å². The molecule has 1 atom stereocenters. The Bertz CT molecular complexity index is 630. The van der Waals surface area contributed by atoms with Gasteiger partial charge in [0, 0.05) is 17.0 Å². The van der Waals surface area contributed by atoms with E-state index in [1.54, 1.807) is 0 Å². The predicted molar refractivity (Wildman–Crippen MR) is 82.8 cm³/mol. The first-order chi connectivity index (χ1) is 10.2. The number of hydrogen-bond donors (Lipinski definition) is 1. The van der Waals surface area contributed by atoms with Gasteiger partial charge < -0.3 is 15.2 Å². The molecule has 0 aromatic heterocycles. The average Bonchev–Trinajstić information content (AvgIpc) is 2.53. The molecule has 1 heterocycles. The Morgan fingerprint density at radius 2 is 1.81 bits per heavy atom. The number of hydrogen-bond acceptors (Lipinski definition) is 2. The Balaban J connectivity index is 1.68. The smallest absolute Gasteiger partial charge is 0.161 e. The van der Waals surface area contributed by atoms with E-state index in [0.29, 0.717) is 13.2 Å². The van der Waals surface area contributed by atoms with Gasteiger partial charge in [-0.25, -0.2) is 0 Å². The zero-order valence-corrected chi connectivity index (χ0v) is 12.6. The van der Waals surface area contributed by atoms with Crippen LogP contribution in [0.5, 0.6) is 11.5 Å². The van der Waals surface area contributed by atoms with Crippen LogP contribution < -0.4 is 15.2 Å². The van der Waals surface area contributed by atoms with Crippen molar-refractivity contribution in [1.82, 2.24) is 0 Å². The minimum Gasteiger partial charge on any atom is -0.486 e. The molecule has 0 bridgehead atoms. The first-order valence-corrected chi connectivity index (χ1v) is 7.58. The normalized spacial score (nSPS) is 14.8. The molecule has 1 aliphatic rings. The Kier molecular flexibility index (Phi) is 4.32. The standard InChI is InChI=1S/C17H18ClNO2/c18-14-4-2-1-3-12(14)5-7-15(19)13-6-8-16-17(11-13)21-10-9-20-16/h1-4,6,8,11,15H,5,7,9-10,19H2/p+1/t15-/m0/s1. The molecule has 0 saturated carbocycles. The Labute approximate surface area is 129 Å². The van der Waals surface area contributed by atoms with Gasteiger partial charge in [-0.3, -0.25) is 0 Å².